The fourth-order valence-corrected chi connectivity index (χ4v) is 3.16. The Morgan fingerprint density at radius 1 is 1.19 bits per heavy atom. The number of sulfonamides is 1. The number of rotatable bonds is 6. The van der Waals surface area contributed by atoms with E-state index in [1.54, 1.807) is 12.1 Å². The summed E-state index contributed by atoms with van der Waals surface area (Å²) in [5.74, 6) is -0.560. The van der Waals surface area contributed by atoms with Gasteiger partial charge < -0.3 is 0 Å². The molecule has 0 aliphatic heterocycles. The predicted octanol–water partition coefficient (Wildman–Crippen LogP) is 2.87. The van der Waals surface area contributed by atoms with Crippen LogP contribution < -0.4 is 9.73 Å². The number of halogens is 1. The molecule has 0 unspecified atom stereocenters. The number of aryl methyl sites for hydroxylation is 2. The quantitative estimate of drug-likeness (QED) is 0.605. The van der Waals surface area contributed by atoms with Crippen molar-refractivity contribution >= 4 is 39.4 Å². The number of hydrazone groups is 1. The van der Waals surface area contributed by atoms with E-state index in [1.807, 2.05) is 38.1 Å². The number of hydrogen-bond acceptors (Lipinski definition) is 4. The summed E-state index contributed by atoms with van der Waals surface area (Å²) < 4.78 is 25.1. The van der Waals surface area contributed by atoms with Gasteiger partial charge in [0, 0.05) is 5.02 Å². The summed E-state index contributed by atoms with van der Waals surface area (Å²) in [7, 11) is -3.66. The van der Waals surface area contributed by atoms with Gasteiger partial charge in [-0.3, -0.25) is 9.10 Å². The van der Waals surface area contributed by atoms with Gasteiger partial charge in [-0.25, -0.2) is 13.8 Å². The van der Waals surface area contributed by atoms with Crippen molar-refractivity contribution in [1.29, 1.82) is 0 Å². The van der Waals surface area contributed by atoms with E-state index in [4.69, 9.17) is 11.6 Å². The number of benzene rings is 2. The zero-order chi connectivity index (χ0) is 19.3. The summed E-state index contributed by atoms with van der Waals surface area (Å²) in [6, 6.07) is 12.4. The maximum atomic E-state index is 12.1. The van der Waals surface area contributed by atoms with E-state index in [2.05, 4.69) is 10.5 Å². The van der Waals surface area contributed by atoms with Crippen LogP contribution in [0.4, 0.5) is 5.69 Å². The summed E-state index contributed by atoms with van der Waals surface area (Å²) in [4.78, 5) is 12.1. The molecule has 0 saturated carbocycles. The van der Waals surface area contributed by atoms with Gasteiger partial charge in [0.05, 0.1) is 18.2 Å². The van der Waals surface area contributed by atoms with E-state index < -0.39 is 22.5 Å². The van der Waals surface area contributed by atoms with Crippen molar-refractivity contribution in [1.82, 2.24) is 5.43 Å². The maximum absolute atomic E-state index is 12.1. The number of amides is 1. The third kappa shape index (κ3) is 5.57. The monoisotopic (exact) mass is 393 g/mol. The molecule has 0 heterocycles. The van der Waals surface area contributed by atoms with Gasteiger partial charge in [0.2, 0.25) is 10.0 Å². The summed E-state index contributed by atoms with van der Waals surface area (Å²) in [6.45, 7) is 3.38. The fraction of sp³-hybridized carbons (Fsp3) is 0.222. The van der Waals surface area contributed by atoms with Gasteiger partial charge in [-0.2, -0.15) is 5.10 Å². The van der Waals surface area contributed by atoms with Crippen LogP contribution in [-0.4, -0.2) is 33.3 Å². The van der Waals surface area contributed by atoms with Crippen LogP contribution in [0.1, 0.15) is 16.7 Å². The Morgan fingerprint density at radius 3 is 2.42 bits per heavy atom. The number of nitrogens with one attached hydrogen (secondary N) is 1. The summed E-state index contributed by atoms with van der Waals surface area (Å²) in [5.41, 5.74) is 5.41. The maximum Gasteiger partial charge on any atom is 0.260 e. The molecule has 6 nitrogen and oxygen atoms in total. The van der Waals surface area contributed by atoms with E-state index >= 15 is 0 Å². The molecule has 0 spiro atoms. The minimum atomic E-state index is -3.66. The van der Waals surface area contributed by atoms with Crippen LogP contribution in [-0.2, 0) is 14.8 Å². The highest BCUT2D eigenvalue weighted by Gasteiger charge is 2.21. The molecule has 0 aliphatic carbocycles. The van der Waals surface area contributed by atoms with Gasteiger partial charge in [-0.15, -0.1) is 0 Å². The molecule has 1 amide bonds. The molecule has 0 fully saturated rings. The van der Waals surface area contributed by atoms with Crippen molar-refractivity contribution in [3.8, 4) is 0 Å². The molecule has 0 radical (unpaired) electrons. The molecule has 138 valence electrons. The van der Waals surface area contributed by atoms with Gasteiger partial charge in [0.15, 0.2) is 0 Å². The first-order valence-electron chi connectivity index (χ1n) is 7.79. The second kappa shape index (κ2) is 8.33. The second-order valence-electron chi connectivity index (χ2n) is 5.91. The molecule has 2 rings (SSSR count). The minimum Gasteiger partial charge on any atom is -0.271 e. The highest BCUT2D eigenvalue weighted by molar-refractivity contribution is 7.92. The lowest BCUT2D eigenvalue weighted by atomic mass is 10.2. The zero-order valence-electron chi connectivity index (χ0n) is 14.7. The van der Waals surface area contributed by atoms with Gasteiger partial charge in [-0.05, 0) is 37.1 Å². The highest BCUT2D eigenvalue weighted by atomic mass is 35.5. The van der Waals surface area contributed by atoms with Crippen molar-refractivity contribution in [2.75, 3.05) is 17.1 Å². The molecular formula is C18H20ClN3O3S. The van der Waals surface area contributed by atoms with Crippen LogP contribution in [0, 0.1) is 13.8 Å². The first-order chi connectivity index (χ1) is 12.2. The molecule has 0 bridgehead atoms. The summed E-state index contributed by atoms with van der Waals surface area (Å²) in [5, 5.41) is 4.28. The highest BCUT2D eigenvalue weighted by Crippen LogP contribution is 2.24. The summed E-state index contributed by atoms with van der Waals surface area (Å²) >= 11 is 6.06. The van der Waals surface area contributed by atoms with Crippen LogP contribution in [0.15, 0.2) is 47.6 Å². The Balaban J connectivity index is 2.09. The molecule has 2 aromatic rings. The van der Waals surface area contributed by atoms with E-state index in [-0.39, 0.29) is 0 Å². The standard InChI is InChI=1S/C18H20ClN3O3S/c1-13-4-7-15(8-5-13)11-20-21-18(23)12-22(26(3,24)25)16-9-6-14(2)17(19)10-16/h4-11H,12H2,1-3H3,(H,21,23)/b20-11-. The second-order valence-corrected chi connectivity index (χ2v) is 8.22. The Labute approximate surface area is 158 Å². The van der Waals surface area contributed by atoms with E-state index in [0.717, 1.165) is 27.3 Å². The molecule has 0 aromatic heterocycles. The van der Waals surface area contributed by atoms with Gasteiger partial charge in [-0.1, -0.05) is 47.5 Å². The number of carbonyl (C=O) groups is 1. The van der Waals surface area contributed by atoms with Crippen molar-refractivity contribution in [3.05, 3.63) is 64.2 Å². The topological polar surface area (TPSA) is 78.8 Å². The molecule has 26 heavy (non-hydrogen) atoms. The van der Waals surface area contributed by atoms with Crippen LogP contribution in [0.2, 0.25) is 5.02 Å². The molecular weight excluding hydrogens is 374 g/mol. The third-order valence-electron chi connectivity index (χ3n) is 3.61. The van der Waals surface area contributed by atoms with Crippen LogP contribution in [0.5, 0.6) is 0 Å². The first-order valence-corrected chi connectivity index (χ1v) is 10.0. The first kappa shape index (κ1) is 19.9. The Kier molecular flexibility index (Phi) is 6.39. The largest absolute Gasteiger partial charge is 0.271 e. The third-order valence-corrected chi connectivity index (χ3v) is 5.16. The molecule has 0 atom stereocenters. The minimum absolute atomic E-state index is 0.320. The number of carbonyl (C=O) groups excluding carboxylic acids is 1. The van der Waals surface area contributed by atoms with E-state index in [0.29, 0.717) is 10.7 Å². The lowest BCUT2D eigenvalue weighted by Gasteiger charge is -2.21. The fourth-order valence-electron chi connectivity index (χ4n) is 2.13. The Hall–Kier alpha value is -2.38. The average molecular weight is 394 g/mol. The molecule has 2 aromatic carbocycles. The van der Waals surface area contributed by atoms with Crippen molar-refractivity contribution in [2.24, 2.45) is 5.10 Å². The number of anilines is 1. The SMILES string of the molecule is Cc1ccc(/C=N\NC(=O)CN(c2ccc(C)c(Cl)c2)S(C)(=O)=O)cc1. The van der Waals surface area contributed by atoms with Crippen molar-refractivity contribution in [3.63, 3.8) is 0 Å². The molecule has 0 saturated heterocycles. The van der Waals surface area contributed by atoms with Crippen molar-refractivity contribution < 1.29 is 13.2 Å². The smallest absolute Gasteiger partial charge is 0.260 e. The average Bonchev–Trinajstić information content (AvgIpc) is 2.56. The van der Waals surface area contributed by atoms with Crippen LogP contribution in [0.25, 0.3) is 0 Å². The van der Waals surface area contributed by atoms with Gasteiger partial charge >= 0.3 is 0 Å². The van der Waals surface area contributed by atoms with Crippen LogP contribution >= 0.6 is 11.6 Å². The molecule has 8 heteroatoms. The molecule has 0 aliphatic rings. The Bertz CT molecular complexity index is 925. The number of hydrogen-bond donors (Lipinski definition) is 1. The van der Waals surface area contributed by atoms with Crippen LogP contribution in [0.3, 0.4) is 0 Å². The molecule has 1 N–H and O–H groups in total. The van der Waals surface area contributed by atoms with E-state index in [1.165, 1.54) is 12.3 Å². The lowest BCUT2D eigenvalue weighted by Crippen LogP contribution is -2.39. The zero-order valence-corrected chi connectivity index (χ0v) is 16.3. The van der Waals surface area contributed by atoms with Gasteiger partial charge in [0.25, 0.3) is 5.91 Å². The summed E-state index contributed by atoms with van der Waals surface area (Å²) in [6.07, 6.45) is 2.52. The predicted molar refractivity (Wildman–Crippen MR) is 105 cm³/mol. The Morgan fingerprint density at radius 2 is 1.85 bits per heavy atom. The van der Waals surface area contributed by atoms with Gasteiger partial charge in [0.1, 0.15) is 6.54 Å². The van der Waals surface area contributed by atoms with E-state index in [9.17, 15) is 13.2 Å². The lowest BCUT2D eigenvalue weighted by molar-refractivity contribution is -0.119. The number of nitrogens with zero attached hydrogens (tertiary/aromatic N) is 2. The normalized spacial score (nSPS) is 11.5. The van der Waals surface area contributed by atoms with Crippen molar-refractivity contribution in [2.45, 2.75) is 13.8 Å².